The minimum Gasteiger partial charge on any atom is -0.370 e. The Labute approximate surface area is 74.5 Å². The van der Waals surface area contributed by atoms with Crippen molar-refractivity contribution >= 4 is 5.91 Å². The molecule has 1 amide bonds. The second kappa shape index (κ2) is 5.14. The molecule has 0 radical (unpaired) electrons. The maximum atomic E-state index is 10.6. The minimum atomic E-state index is -0.402. The van der Waals surface area contributed by atoms with Crippen LogP contribution in [0, 0.1) is 0 Å². The molecule has 0 heterocycles. The first-order chi connectivity index (χ1) is 5.48. The van der Waals surface area contributed by atoms with Crippen LogP contribution in [0.25, 0.3) is 0 Å². The van der Waals surface area contributed by atoms with E-state index < -0.39 is 5.54 Å². The smallest absolute Gasteiger partial charge is 0.219 e. The molecular formula is C9H20N2O. The number of primary amides is 1. The maximum absolute atomic E-state index is 10.6. The van der Waals surface area contributed by atoms with E-state index in [0.717, 1.165) is 12.8 Å². The zero-order valence-corrected chi connectivity index (χ0v) is 8.10. The number of unbranched alkanes of at least 4 members (excludes halogenated alkanes) is 2. The third-order valence-electron chi connectivity index (χ3n) is 1.93. The van der Waals surface area contributed by atoms with Gasteiger partial charge in [0, 0.05) is 12.0 Å². The van der Waals surface area contributed by atoms with Gasteiger partial charge in [-0.3, -0.25) is 4.79 Å². The summed E-state index contributed by atoms with van der Waals surface area (Å²) in [5, 5.41) is 0. The van der Waals surface area contributed by atoms with Crippen LogP contribution in [0.5, 0.6) is 0 Å². The molecule has 0 aromatic heterocycles. The van der Waals surface area contributed by atoms with Gasteiger partial charge in [-0.05, 0) is 13.3 Å². The first-order valence-corrected chi connectivity index (χ1v) is 4.55. The monoisotopic (exact) mass is 172 g/mol. The van der Waals surface area contributed by atoms with Gasteiger partial charge in [0.2, 0.25) is 5.91 Å². The molecule has 3 nitrogen and oxygen atoms in total. The Bertz CT molecular complexity index is 143. The van der Waals surface area contributed by atoms with Crippen LogP contribution in [0.3, 0.4) is 0 Å². The van der Waals surface area contributed by atoms with E-state index in [1.807, 2.05) is 6.92 Å². The van der Waals surface area contributed by atoms with E-state index >= 15 is 0 Å². The number of carbonyl (C=O) groups is 1. The molecule has 0 aliphatic heterocycles. The summed E-state index contributed by atoms with van der Waals surface area (Å²) in [6.45, 7) is 4.02. The van der Waals surface area contributed by atoms with E-state index in [4.69, 9.17) is 11.5 Å². The van der Waals surface area contributed by atoms with Crippen LogP contribution in [0.1, 0.15) is 46.0 Å². The van der Waals surface area contributed by atoms with Crippen LogP contribution >= 0.6 is 0 Å². The summed E-state index contributed by atoms with van der Waals surface area (Å²) in [6.07, 6.45) is 4.59. The Morgan fingerprint density at radius 3 is 2.42 bits per heavy atom. The van der Waals surface area contributed by atoms with Gasteiger partial charge in [0.05, 0.1) is 0 Å². The molecule has 0 aromatic rings. The van der Waals surface area contributed by atoms with Gasteiger partial charge < -0.3 is 11.5 Å². The third-order valence-corrected chi connectivity index (χ3v) is 1.93. The van der Waals surface area contributed by atoms with E-state index in [0.29, 0.717) is 0 Å². The molecule has 0 aliphatic carbocycles. The van der Waals surface area contributed by atoms with Crippen molar-refractivity contribution in [1.29, 1.82) is 0 Å². The van der Waals surface area contributed by atoms with Crippen molar-refractivity contribution in [3.8, 4) is 0 Å². The van der Waals surface area contributed by atoms with E-state index in [1.165, 1.54) is 12.8 Å². The van der Waals surface area contributed by atoms with Crippen LogP contribution in [-0.2, 0) is 4.79 Å². The summed E-state index contributed by atoms with van der Waals surface area (Å²) in [4.78, 5) is 10.6. The van der Waals surface area contributed by atoms with Crippen molar-refractivity contribution in [3.63, 3.8) is 0 Å². The lowest BCUT2D eigenvalue weighted by molar-refractivity contribution is -0.119. The van der Waals surface area contributed by atoms with E-state index in [2.05, 4.69) is 6.92 Å². The van der Waals surface area contributed by atoms with Gasteiger partial charge in [-0.1, -0.05) is 26.2 Å². The van der Waals surface area contributed by atoms with Crippen molar-refractivity contribution in [3.05, 3.63) is 0 Å². The SMILES string of the molecule is CCCCCC(C)(N)CC(N)=O. The normalized spacial score (nSPS) is 15.6. The zero-order chi connectivity index (χ0) is 9.61. The molecule has 0 saturated heterocycles. The summed E-state index contributed by atoms with van der Waals surface area (Å²) >= 11 is 0. The number of amides is 1. The second-order valence-electron chi connectivity index (χ2n) is 3.75. The maximum Gasteiger partial charge on any atom is 0.219 e. The zero-order valence-electron chi connectivity index (χ0n) is 8.10. The topological polar surface area (TPSA) is 69.1 Å². The van der Waals surface area contributed by atoms with Crippen molar-refractivity contribution in [1.82, 2.24) is 0 Å². The number of rotatable bonds is 6. The van der Waals surface area contributed by atoms with Crippen LogP contribution in [0.15, 0.2) is 0 Å². The fourth-order valence-electron chi connectivity index (χ4n) is 1.27. The van der Waals surface area contributed by atoms with Gasteiger partial charge in [0.15, 0.2) is 0 Å². The minimum absolute atomic E-state index is 0.288. The van der Waals surface area contributed by atoms with E-state index in [9.17, 15) is 4.79 Å². The first kappa shape index (κ1) is 11.4. The highest BCUT2D eigenvalue weighted by Gasteiger charge is 2.19. The number of carbonyl (C=O) groups excluding carboxylic acids is 1. The van der Waals surface area contributed by atoms with Crippen molar-refractivity contribution < 1.29 is 4.79 Å². The Morgan fingerprint density at radius 2 is 2.00 bits per heavy atom. The quantitative estimate of drug-likeness (QED) is 0.590. The average Bonchev–Trinajstić information content (AvgIpc) is 1.84. The molecule has 1 atom stereocenters. The van der Waals surface area contributed by atoms with Gasteiger partial charge in [0.25, 0.3) is 0 Å². The molecule has 0 rings (SSSR count). The molecule has 12 heavy (non-hydrogen) atoms. The molecule has 4 N–H and O–H groups in total. The first-order valence-electron chi connectivity index (χ1n) is 4.55. The molecule has 0 fully saturated rings. The highest BCUT2D eigenvalue weighted by Crippen LogP contribution is 2.14. The molecule has 0 saturated carbocycles. The lowest BCUT2D eigenvalue weighted by Gasteiger charge is -2.22. The van der Waals surface area contributed by atoms with E-state index in [-0.39, 0.29) is 12.3 Å². The Morgan fingerprint density at radius 1 is 1.42 bits per heavy atom. The van der Waals surface area contributed by atoms with Crippen molar-refractivity contribution in [2.24, 2.45) is 11.5 Å². The fourth-order valence-corrected chi connectivity index (χ4v) is 1.27. The highest BCUT2D eigenvalue weighted by atomic mass is 16.1. The number of hydrogen-bond acceptors (Lipinski definition) is 2. The fraction of sp³-hybridized carbons (Fsp3) is 0.889. The second-order valence-corrected chi connectivity index (χ2v) is 3.75. The number of nitrogens with two attached hydrogens (primary N) is 2. The highest BCUT2D eigenvalue weighted by molar-refractivity contribution is 5.75. The molecule has 0 aliphatic rings. The standard InChI is InChI=1S/C9H20N2O/c1-3-4-5-6-9(2,11)7-8(10)12/h3-7,11H2,1-2H3,(H2,10,12). The number of hydrogen-bond donors (Lipinski definition) is 2. The predicted octanol–water partition coefficient (Wildman–Crippen LogP) is 1.16. The largest absolute Gasteiger partial charge is 0.370 e. The summed E-state index contributed by atoms with van der Waals surface area (Å²) in [5.74, 6) is -0.309. The lowest BCUT2D eigenvalue weighted by atomic mass is 9.92. The Balaban J connectivity index is 3.63. The Hall–Kier alpha value is -0.570. The van der Waals surface area contributed by atoms with E-state index in [1.54, 1.807) is 0 Å². The van der Waals surface area contributed by atoms with Crippen LogP contribution in [0.4, 0.5) is 0 Å². The van der Waals surface area contributed by atoms with Gasteiger partial charge in [0.1, 0.15) is 0 Å². The lowest BCUT2D eigenvalue weighted by Crippen LogP contribution is -2.40. The van der Waals surface area contributed by atoms with Crippen LogP contribution in [-0.4, -0.2) is 11.4 Å². The molecular weight excluding hydrogens is 152 g/mol. The van der Waals surface area contributed by atoms with Crippen molar-refractivity contribution in [2.45, 2.75) is 51.5 Å². The third kappa shape index (κ3) is 6.16. The summed E-state index contributed by atoms with van der Waals surface area (Å²) in [6, 6.07) is 0. The molecule has 72 valence electrons. The molecule has 0 spiro atoms. The van der Waals surface area contributed by atoms with Crippen molar-refractivity contribution in [2.75, 3.05) is 0 Å². The average molecular weight is 172 g/mol. The van der Waals surface area contributed by atoms with Gasteiger partial charge in [-0.15, -0.1) is 0 Å². The molecule has 3 heteroatoms. The van der Waals surface area contributed by atoms with Crippen LogP contribution < -0.4 is 11.5 Å². The summed E-state index contributed by atoms with van der Waals surface area (Å²) in [5.41, 5.74) is 10.5. The van der Waals surface area contributed by atoms with Gasteiger partial charge >= 0.3 is 0 Å². The molecule has 0 aromatic carbocycles. The molecule has 1 unspecified atom stereocenters. The summed E-state index contributed by atoms with van der Waals surface area (Å²) in [7, 11) is 0. The summed E-state index contributed by atoms with van der Waals surface area (Å²) < 4.78 is 0. The predicted molar refractivity (Wildman–Crippen MR) is 50.5 cm³/mol. The van der Waals surface area contributed by atoms with Crippen LogP contribution in [0.2, 0.25) is 0 Å². The molecule has 0 bridgehead atoms. The van der Waals surface area contributed by atoms with Gasteiger partial charge in [-0.25, -0.2) is 0 Å². The Kier molecular flexibility index (Phi) is 4.90. The van der Waals surface area contributed by atoms with Gasteiger partial charge in [-0.2, -0.15) is 0 Å².